The summed E-state index contributed by atoms with van der Waals surface area (Å²) in [5.74, 6) is 0.883. The second-order valence-electron chi connectivity index (χ2n) is 4.76. The van der Waals surface area contributed by atoms with Crippen LogP contribution in [0.3, 0.4) is 0 Å². The van der Waals surface area contributed by atoms with Crippen molar-refractivity contribution in [2.75, 3.05) is 12.8 Å². The van der Waals surface area contributed by atoms with Gasteiger partial charge in [0, 0.05) is 35.3 Å². The number of nitrogens with two attached hydrogens (primary N) is 1. The largest absolute Gasteiger partial charge is 1.00 e. The van der Waals surface area contributed by atoms with Crippen molar-refractivity contribution in [3.63, 3.8) is 0 Å². The Morgan fingerprint density at radius 2 is 1.81 bits per heavy atom. The lowest BCUT2D eigenvalue weighted by molar-refractivity contribution is -0.446. The van der Waals surface area contributed by atoms with Crippen molar-refractivity contribution in [1.82, 2.24) is 0 Å². The predicted octanol–water partition coefficient (Wildman–Crippen LogP) is 0.388. The lowest BCUT2D eigenvalue weighted by Gasteiger charge is -1.97. The number of hydrogen-bond donors (Lipinski definition) is 1. The molecular formula is C16H13ClN2OS. The maximum absolute atomic E-state index is 5.94. The average molecular weight is 317 g/mol. The molecule has 106 valence electrons. The molecule has 0 atom stereocenters. The Bertz CT molecular complexity index is 965. The summed E-state index contributed by atoms with van der Waals surface area (Å²) in [6.45, 7) is 0. The van der Waals surface area contributed by atoms with Gasteiger partial charge in [-0.15, -0.1) is 4.40 Å². The molecule has 2 aromatic carbocycles. The third kappa shape index (κ3) is 2.07. The number of pyridine rings is 1. The van der Waals surface area contributed by atoms with Gasteiger partial charge in [-0.2, -0.15) is 0 Å². The first-order valence-electron chi connectivity index (χ1n) is 6.37. The molecular weight excluding hydrogens is 304 g/mol. The molecule has 0 aliphatic rings. The Balaban J connectivity index is 0.00000132. The van der Waals surface area contributed by atoms with Crippen molar-refractivity contribution in [1.29, 1.82) is 0 Å². The summed E-state index contributed by atoms with van der Waals surface area (Å²) < 4.78 is 8.77. The minimum absolute atomic E-state index is 0. The van der Waals surface area contributed by atoms with Crippen molar-refractivity contribution in [2.24, 2.45) is 0 Å². The van der Waals surface area contributed by atoms with Crippen LogP contribution in [0.25, 0.3) is 25.9 Å². The van der Waals surface area contributed by atoms with Crippen LogP contribution in [0.4, 0.5) is 5.69 Å². The number of benzene rings is 2. The van der Waals surface area contributed by atoms with Crippen LogP contribution in [0.1, 0.15) is 0 Å². The summed E-state index contributed by atoms with van der Waals surface area (Å²) in [5.41, 5.74) is 9.05. The number of aromatic nitrogens is 1. The number of fused-ring (bicyclic) bond motifs is 5. The molecule has 0 saturated carbocycles. The number of thiazole rings is 1. The van der Waals surface area contributed by atoms with Crippen LogP contribution in [-0.2, 0) is 0 Å². The SMILES string of the molecule is COc1ccc2c(c1)sc1ccc3ccc(N)cc3[n+]12.[Cl-]. The molecule has 3 nitrogen and oxygen atoms in total. The van der Waals surface area contributed by atoms with Crippen LogP contribution < -0.4 is 27.3 Å². The smallest absolute Gasteiger partial charge is 0.268 e. The van der Waals surface area contributed by atoms with Gasteiger partial charge in [0.2, 0.25) is 11.0 Å². The lowest BCUT2D eigenvalue weighted by atomic mass is 10.2. The zero-order valence-corrected chi connectivity index (χ0v) is 12.9. The fourth-order valence-electron chi connectivity index (χ4n) is 2.58. The summed E-state index contributed by atoms with van der Waals surface area (Å²) in [6, 6.07) is 16.5. The Morgan fingerprint density at radius 3 is 2.62 bits per heavy atom. The highest BCUT2D eigenvalue weighted by atomic mass is 35.5. The van der Waals surface area contributed by atoms with Crippen LogP contribution in [-0.4, -0.2) is 7.11 Å². The summed E-state index contributed by atoms with van der Waals surface area (Å²) in [7, 11) is 1.69. The molecule has 0 radical (unpaired) electrons. The van der Waals surface area contributed by atoms with Gasteiger partial charge in [-0.25, -0.2) is 0 Å². The third-order valence-corrected chi connectivity index (χ3v) is 4.62. The second-order valence-corrected chi connectivity index (χ2v) is 5.82. The van der Waals surface area contributed by atoms with E-state index in [-0.39, 0.29) is 12.4 Å². The minimum Gasteiger partial charge on any atom is -1.00 e. The molecule has 0 bridgehead atoms. The van der Waals surface area contributed by atoms with Gasteiger partial charge in [-0.1, -0.05) is 11.3 Å². The summed E-state index contributed by atoms with van der Waals surface area (Å²) in [6.07, 6.45) is 0. The van der Waals surface area contributed by atoms with Crippen LogP contribution in [0, 0.1) is 0 Å². The Hall–Kier alpha value is -2.04. The number of nitrogen functional groups attached to an aromatic ring is 1. The van der Waals surface area contributed by atoms with Crippen molar-refractivity contribution < 1.29 is 21.5 Å². The van der Waals surface area contributed by atoms with E-state index in [1.54, 1.807) is 18.4 Å². The molecule has 0 saturated heterocycles. The third-order valence-electron chi connectivity index (χ3n) is 3.54. The highest BCUT2D eigenvalue weighted by molar-refractivity contribution is 7.23. The molecule has 0 aliphatic heterocycles. The first-order valence-corrected chi connectivity index (χ1v) is 7.18. The van der Waals surface area contributed by atoms with Gasteiger partial charge in [0.15, 0.2) is 0 Å². The quantitative estimate of drug-likeness (QED) is 0.407. The van der Waals surface area contributed by atoms with Crippen molar-refractivity contribution in [3.8, 4) is 5.75 Å². The van der Waals surface area contributed by atoms with Crippen molar-refractivity contribution >= 4 is 43.0 Å². The first kappa shape index (κ1) is 13.9. The zero-order valence-electron chi connectivity index (χ0n) is 11.3. The zero-order chi connectivity index (χ0) is 13.7. The Labute approximate surface area is 132 Å². The van der Waals surface area contributed by atoms with E-state index in [2.05, 4.69) is 34.7 Å². The van der Waals surface area contributed by atoms with Crippen LogP contribution in [0.5, 0.6) is 5.75 Å². The van der Waals surface area contributed by atoms with E-state index in [4.69, 9.17) is 10.5 Å². The lowest BCUT2D eigenvalue weighted by Crippen LogP contribution is -3.00. The van der Waals surface area contributed by atoms with Gasteiger partial charge in [-0.05, 0) is 24.3 Å². The molecule has 4 aromatic rings. The van der Waals surface area contributed by atoms with E-state index in [1.807, 2.05) is 18.2 Å². The van der Waals surface area contributed by atoms with Crippen LogP contribution in [0.2, 0.25) is 0 Å². The minimum atomic E-state index is 0. The first-order chi connectivity index (χ1) is 9.76. The maximum atomic E-state index is 5.94. The molecule has 5 heteroatoms. The number of nitrogens with zero attached hydrogens (tertiary/aromatic N) is 1. The summed E-state index contributed by atoms with van der Waals surface area (Å²) in [5, 5.41) is 1.19. The summed E-state index contributed by atoms with van der Waals surface area (Å²) in [4.78, 5) is 1.20. The van der Waals surface area contributed by atoms with Gasteiger partial charge in [0.05, 0.1) is 7.11 Å². The van der Waals surface area contributed by atoms with E-state index in [0.29, 0.717) is 0 Å². The van der Waals surface area contributed by atoms with Gasteiger partial charge in [-0.3, -0.25) is 0 Å². The standard InChI is InChI=1S/C16H12N2OS.ClH/c1-19-12-5-6-13-15(9-12)20-16-7-3-10-2-4-11(17)8-14(10)18(13)16;/h2-9,17H,1H3;1H. The van der Waals surface area contributed by atoms with E-state index < -0.39 is 0 Å². The fourth-order valence-corrected chi connectivity index (χ4v) is 3.67. The topological polar surface area (TPSA) is 39.4 Å². The molecule has 21 heavy (non-hydrogen) atoms. The van der Waals surface area contributed by atoms with Gasteiger partial charge in [0.25, 0.3) is 4.83 Å². The number of hydrogen-bond acceptors (Lipinski definition) is 3. The molecule has 4 rings (SSSR count). The Morgan fingerprint density at radius 1 is 1.00 bits per heavy atom. The van der Waals surface area contributed by atoms with Gasteiger partial charge < -0.3 is 22.9 Å². The number of halogens is 1. The Kier molecular flexibility index (Phi) is 3.35. The number of anilines is 1. The highest BCUT2D eigenvalue weighted by Crippen LogP contribution is 2.28. The van der Waals surface area contributed by atoms with Crippen LogP contribution in [0.15, 0.2) is 48.5 Å². The molecule has 2 N–H and O–H groups in total. The van der Waals surface area contributed by atoms with Crippen molar-refractivity contribution in [3.05, 3.63) is 48.5 Å². The fraction of sp³-hybridized carbons (Fsp3) is 0.0625. The molecule has 2 heterocycles. The monoisotopic (exact) mass is 316 g/mol. The highest BCUT2D eigenvalue weighted by Gasteiger charge is 2.17. The molecule has 2 aromatic heterocycles. The number of rotatable bonds is 1. The maximum Gasteiger partial charge on any atom is 0.268 e. The van der Waals surface area contributed by atoms with Gasteiger partial charge >= 0.3 is 0 Å². The normalized spacial score (nSPS) is 10.9. The predicted molar refractivity (Wildman–Crippen MR) is 83.5 cm³/mol. The molecule has 0 fully saturated rings. The van der Waals surface area contributed by atoms with Crippen LogP contribution >= 0.6 is 11.3 Å². The molecule has 0 aliphatic carbocycles. The van der Waals surface area contributed by atoms with E-state index in [0.717, 1.165) is 17.0 Å². The number of ether oxygens (including phenoxy) is 1. The molecule has 0 amide bonds. The molecule has 0 unspecified atom stereocenters. The summed E-state index contributed by atoms with van der Waals surface area (Å²) >= 11 is 1.75. The second kappa shape index (κ2) is 5.06. The van der Waals surface area contributed by atoms with Crippen molar-refractivity contribution in [2.45, 2.75) is 0 Å². The van der Waals surface area contributed by atoms with E-state index in [9.17, 15) is 0 Å². The number of methoxy groups -OCH3 is 1. The average Bonchev–Trinajstić information content (AvgIpc) is 2.84. The van der Waals surface area contributed by atoms with E-state index in [1.165, 1.54) is 20.4 Å². The van der Waals surface area contributed by atoms with E-state index >= 15 is 0 Å². The van der Waals surface area contributed by atoms with Gasteiger partial charge in [0.1, 0.15) is 10.4 Å². The molecule has 0 spiro atoms.